The molecule has 0 amide bonds. The minimum absolute atomic E-state index is 0.0108. The second kappa shape index (κ2) is 8.44. The van der Waals surface area contributed by atoms with Crippen molar-refractivity contribution in [1.29, 1.82) is 0 Å². The van der Waals surface area contributed by atoms with E-state index in [1.807, 2.05) is 0 Å². The van der Waals surface area contributed by atoms with Crippen LogP contribution in [0.5, 0.6) is 5.75 Å². The van der Waals surface area contributed by atoms with E-state index in [1.165, 1.54) is 0 Å². The van der Waals surface area contributed by atoms with Crippen molar-refractivity contribution in [3.8, 4) is 5.75 Å². The molecule has 0 aromatic heterocycles. The van der Waals surface area contributed by atoms with Crippen molar-refractivity contribution in [1.82, 2.24) is 4.72 Å². The van der Waals surface area contributed by atoms with Crippen molar-refractivity contribution in [2.45, 2.75) is 42.5 Å². The van der Waals surface area contributed by atoms with E-state index in [0.29, 0.717) is 5.56 Å². The largest absolute Gasteiger partial charge is 0.481 e. The first-order chi connectivity index (χ1) is 14.0. The van der Waals surface area contributed by atoms with Crippen LogP contribution < -0.4 is 9.46 Å². The highest BCUT2D eigenvalue weighted by Gasteiger charge is 2.47. The van der Waals surface area contributed by atoms with Gasteiger partial charge in [-0.25, -0.2) is 13.1 Å². The van der Waals surface area contributed by atoms with Gasteiger partial charge in [-0.3, -0.25) is 4.79 Å². The Balaban J connectivity index is 1.96. The molecule has 0 radical (unpaired) electrons. The Morgan fingerprint density at radius 2 is 1.90 bits per heavy atom. The summed E-state index contributed by atoms with van der Waals surface area (Å²) < 4.78 is 72.3. The van der Waals surface area contributed by atoms with Crippen LogP contribution in [0.2, 0.25) is 5.02 Å². The Morgan fingerprint density at radius 3 is 2.50 bits per heavy atom. The summed E-state index contributed by atoms with van der Waals surface area (Å²) in [6.07, 6.45) is -8.23. The highest BCUT2D eigenvalue weighted by atomic mass is 35.5. The molecule has 1 aliphatic rings. The van der Waals surface area contributed by atoms with Crippen LogP contribution in [0.3, 0.4) is 0 Å². The molecule has 1 aliphatic heterocycles. The molecule has 3 rings (SSSR count). The number of rotatable bonds is 6. The third-order valence-electron chi connectivity index (χ3n) is 4.65. The molecule has 30 heavy (non-hydrogen) atoms. The quantitative estimate of drug-likeness (QED) is 0.673. The summed E-state index contributed by atoms with van der Waals surface area (Å²) in [5, 5.41) is 8.77. The lowest BCUT2D eigenvalue weighted by atomic mass is 9.87. The highest BCUT2D eigenvalue weighted by molar-refractivity contribution is 7.89. The van der Waals surface area contributed by atoms with Gasteiger partial charge in [-0.15, -0.1) is 0 Å². The number of fused-ring (bicyclic) bond motifs is 1. The zero-order chi connectivity index (χ0) is 22.1. The Labute approximate surface area is 175 Å². The summed E-state index contributed by atoms with van der Waals surface area (Å²) in [6.45, 7) is -0.0108. The number of hydrogen-bond donors (Lipinski definition) is 2. The van der Waals surface area contributed by atoms with E-state index in [1.54, 1.807) is 30.3 Å². The molecule has 2 atom stereocenters. The van der Waals surface area contributed by atoms with E-state index < -0.39 is 47.0 Å². The van der Waals surface area contributed by atoms with Gasteiger partial charge in [0, 0.05) is 24.4 Å². The van der Waals surface area contributed by atoms with Gasteiger partial charge < -0.3 is 9.84 Å². The van der Waals surface area contributed by atoms with Crippen molar-refractivity contribution < 1.29 is 36.2 Å². The number of sulfonamides is 1. The highest BCUT2D eigenvalue weighted by Crippen LogP contribution is 2.47. The molecule has 0 spiro atoms. The number of halogens is 4. The second-order valence-corrected chi connectivity index (χ2v) is 8.99. The molecule has 0 saturated heterocycles. The van der Waals surface area contributed by atoms with E-state index in [2.05, 4.69) is 4.72 Å². The van der Waals surface area contributed by atoms with Crippen LogP contribution in [-0.2, 0) is 21.4 Å². The summed E-state index contributed by atoms with van der Waals surface area (Å²) in [6, 6.07) is 10.8. The van der Waals surface area contributed by atoms with E-state index in [4.69, 9.17) is 21.4 Å². The number of nitrogens with one attached hydrogen (secondary N) is 1. The van der Waals surface area contributed by atoms with Crippen LogP contribution in [0.1, 0.15) is 29.9 Å². The summed E-state index contributed by atoms with van der Waals surface area (Å²) in [5.41, 5.74) is 0.718. The number of hydrogen-bond acceptors (Lipinski definition) is 4. The number of alkyl halides is 3. The maximum atomic E-state index is 13.2. The van der Waals surface area contributed by atoms with Crippen molar-refractivity contribution in [3.63, 3.8) is 0 Å². The molecule has 0 fully saturated rings. The summed E-state index contributed by atoms with van der Waals surface area (Å²) in [5.74, 6) is -2.78. The number of benzene rings is 2. The summed E-state index contributed by atoms with van der Waals surface area (Å²) in [4.78, 5) is 10.9. The first-order valence-corrected chi connectivity index (χ1v) is 10.7. The lowest BCUT2D eigenvalue weighted by Crippen LogP contribution is -2.39. The zero-order valence-corrected chi connectivity index (χ0v) is 16.9. The second-order valence-electron chi connectivity index (χ2n) is 6.81. The normalized spacial score (nSPS) is 19.1. The summed E-state index contributed by atoms with van der Waals surface area (Å²) in [7, 11) is -4.07. The van der Waals surface area contributed by atoms with Gasteiger partial charge in [0.15, 0.2) is 6.10 Å². The third kappa shape index (κ3) is 5.05. The Hall–Kier alpha value is -2.30. The number of carboxylic acids is 1. The standard InChI is InChI=1S/C19H17ClF3NO5S/c20-15-9-13(30(27,28)24-10-11-4-2-1-3-5-11)8-14-12(7-17(25)26)6-16(19(21,22)23)29-18(14)15/h1-5,8-9,12,16,24H,6-7,10H2,(H,25,26). The molecule has 1 heterocycles. The van der Waals surface area contributed by atoms with Crippen LogP contribution in [0.15, 0.2) is 47.4 Å². The van der Waals surface area contributed by atoms with Gasteiger partial charge in [0.2, 0.25) is 10.0 Å². The van der Waals surface area contributed by atoms with E-state index >= 15 is 0 Å². The van der Waals surface area contributed by atoms with E-state index in [9.17, 15) is 26.4 Å². The Morgan fingerprint density at radius 1 is 1.23 bits per heavy atom. The average molecular weight is 464 g/mol. The smallest absolute Gasteiger partial charge is 0.425 e. The number of carboxylic acid groups (broad SMARTS) is 1. The lowest BCUT2D eigenvalue weighted by molar-refractivity contribution is -0.201. The molecule has 0 bridgehead atoms. The van der Waals surface area contributed by atoms with Crippen molar-refractivity contribution >= 4 is 27.6 Å². The van der Waals surface area contributed by atoms with Crippen LogP contribution in [0.4, 0.5) is 13.2 Å². The minimum Gasteiger partial charge on any atom is -0.481 e. The Bertz CT molecular complexity index is 1040. The lowest BCUT2D eigenvalue weighted by Gasteiger charge is -2.33. The van der Waals surface area contributed by atoms with Crippen LogP contribution in [0, 0.1) is 0 Å². The van der Waals surface area contributed by atoms with Gasteiger partial charge >= 0.3 is 12.1 Å². The van der Waals surface area contributed by atoms with Crippen molar-refractivity contribution in [3.05, 3.63) is 58.6 Å². The van der Waals surface area contributed by atoms with Gasteiger partial charge in [-0.1, -0.05) is 41.9 Å². The van der Waals surface area contributed by atoms with Gasteiger partial charge in [-0.05, 0) is 17.7 Å². The predicted octanol–water partition coefficient (Wildman–Crippen LogP) is 4.09. The number of ether oxygens (including phenoxy) is 1. The molecule has 2 unspecified atom stereocenters. The molecule has 2 aromatic rings. The van der Waals surface area contributed by atoms with Crippen molar-refractivity contribution in [2.75, 3.05) is 0 Å². The van der Waals surface area contributed by atoms with E-state index in [0.717, 1.165) is 12.1 Å². The molecule has 162 valence electrons. The minimum atomic E-state index is -4.72. The summed E-state index contributed by atoms with van der Waals surface area (Å²) >= 11 is 6.06. The maximum Gasteiger partial charge on any atom is 0.425 e. The Kier molecular flexibility index (Phi) is 6.30. The maximum absolute atomic E-state index is 13.2. The fourth-order valence-electron chi connectivity index (χ4n) is 3.21. The predicted molar refractivity (Wildman–Crippen MR) is 102 cm³/mol. The SMILES string of the molecule is O=C(O)CC1CC(C(F)(F)F)Oc2c(Cl)cc(S(=O)(=O)NCc3ccccc3)cc21. The number of carbonyl (C=O) groups is 1. The molecule has 11 heteroatoms. The molecular weight excluding hydrogens is 447 g/mol. The van der Waals surface area contributed by atoms with Crippen LogP contribution in [-0.4, -0.2) is 31.8 Å². The molecule has 2 aromatic carbocycles. The fourth-order valence-corrected chi connectivity index (χ4v) is 4.62. The molecule has 0 saturated carbocycles. The monoisotopic (exact) mass is 463 g/mol. The van der Waals surface area contributed by atoms with Crippen molar-refractivity contribution in [2.24, 2.45) is 0 Å². The van der Waals surface area contributed by atoms with Crippen LogP contribution >= 0.6 is 11.6 Å². The van der Waals surface area contributed by atoms with Gasteiger partial charge in [-0.2, -0.15) is 13.2 Å². The molecule has 2 N–H and O–H groups in total. The fraction of sp³-hybridized carbons (Fsp3) is 0.316. The first-order valence-electron chi connectivity index (χ1n) is 8.79. The number of aliphatic carboxylic acids is 1. The van der Waals surface area contributed by atoms with Gasteiger partial charge in [0.1, 0.15) is 5.75 Å². The zero-order valence-electron chi connectivity index (χ0n) is 15.3. The molecule has 0 aliphatic carbocycles. The third-order valence-corrected chi connectivity index (χ3v) is 6.31. The molecule has 6 nitrogen and oxygen atoms in total. The first kappa shape index (κ1) is 22.4. The van der Waals surface area contributed by atoms with Gasteiger partial charge in [0.05, 0.1) is 16.3 Å². The van der Waals surface area contributed by atoms with Crippen LogP contribution in [0.25, 0.3) is 0 Å². The average Bonchev–Trinajstić information content (AvgIpc) is 2.66. The van der Waals surface area contributed by atoms with E-state index in [-0.39, 0.29) is 27.8 Å². The topological polar surface area (TPSA) is 92.7 Å². The molecular formula is C19H17ClF3NO5S. The van der Waals surface area contributed by atoms with Gasteiger partial charge in [0.25, 0.3) is 0 Å².